The van der Waals surface area contributed by atoms with Crippen molar-refractivity contribution in [3.63, 3.8) is 0 Å². The summed E-state index contributed by atoms with van der Waals surface area (Å²) < 4.78 is 66.3. The molecule has 0 aliphatic carbocycles. The molecule has 0 spiro atoms. The number of hydrogen-bond acceptors (Lipinski definition) is 6. The quantitative estimate of drug-likeness (QED) is 0.333. The Morgan fingerprint density at radius 1 is 0.696 bits per heavy atom. The normalized spacial score (nSPS) is 16.2. The van der Waals surface area contributed by atoms with Crippen molar-refractivity contribution in [2.24, 2.45) is 5.92 Å². The average Bonchev–Trinajstić information content (AvgIpc) is 2.47. The van der Waals surface area contributed by atoms with Gasteiger partial charge < -0.3 is 0 Å². The van der Waals surface area contributed by atoms with Gasteiger partial charge in [0.2, 0.25) is 0 Å². The summed E-state index contributed by atoms with van der Waals surface area (Å²) in [6, 6.07) is 0. The second-order valence-corrected chi connectivity index (χ2v) is 8.27. The maximum Gasteiger partial charge on any atom is 0.154 e. The Balaban J connectivity index is 5.12. The molecule has 0 N–H and O–H groups in total. The molecule has 9 heteroatoms. The third kappa shape index (κ3) is 7.56. The highest BCUT2D eigenvalue weighted by Crippen LogP contribution is 2.23. The van der Waals surface area contributed by atoms with Crippen molar-refractivity contribution in [3.8, 4) is 37.0 Å². The van der Waals surface area contributed by atoms with Gasteiger partial charge in [-0.1, -0.05) is 24.2 Å². The fourth-order valence-corrected chi connectivity index (χ4v) is 3.91. The van der Waals surface area contributed by atoms with Crippen LogP contribution in [0.5, 0.6) is 0 Å². The minimum absolute atomic E-state index is 0.0996. The van der Waals surface area contributed by atoms with Crippen LogP contribution >= 0.6 is 0 Å². The molecule has 0 bridgehead atoms. The molecule has 4 unspecified atom stereocenters. The summed E-state index contributed by atoms with van der Waals surface area (Å²) in [4.78, 5) is 0. The highest BCUT2D eigenvalue weighted by molar-refractivity contribution is 7.74. The van der Waals surface area contributed by atoms with Gasteiger partial charge in [0.05, 0.1) is 0 Å². The van der Waals surface area contributed by atoms with Crippen molar-refractivity contribution < 1.29 is 25.3 Å². The van der Waals surface area contributed by atoms with Crippen LogP contribution in [0.4, 0.5) is 0 Å². The van der Waals surface area contributed by atoms with Crippen LogP contribution in [0.15, 0.2) is 0 Å². The molecular weight excluding hydrogens is 360 g/mol. The van der Waals surface area contributed by atoms with Gasteiger partial charge in [-0.3, -0.25) is 0 Å². The second kappa shape index (κ2) is 11.1. The smallest absolute Gasteiger partial charge is 0.154 e. The zero-order valence-corrected chi connectivity index (χ0v) is 14.8. The summed E-state index contributed by atoms with van der Waals surface area (Å²) >= 11 is 0. The van der Waals surface area contributed by atoms with E-state index in [1.54, 1.807) is 0 Å². The molecule has 0 aromatic carbocycles. The van der Waals surface area contributed by atoms with Gasteiger partial charge in [-0.2, -0.15) is 0 Å². The Morgan fingerprint density at radius 2 is 1.22 bits per heavy atom. The van der Waals surface area contributed by atoms with Crippen LogP contribution in [0.3, 0.4) is 0 Å². The molecule has 0 radical (unpaired) electrons. The van der Waals surface area contributed by atoms with Gasteiger partial charge in [0.25, 0.3) is 0 Å². The highest BCUT2D eigenvalue weighted by Gasteiger charge is 2.26. The highest BCUT2D eigenvalue weighted by atomic mass is 32.2. The van der Waals surface area contributed by atoms with Crippen LogP contribution in [-0.4, -0.2) is 41.0 Å². The molecule has 0 saturated heterocycles. The number of rotatable bonds is 10. The zero-order chi connectivity index (χ0) is 18.0. The minimum atomic E-state index is -2.97. The Morgan fingerprint density at radius 3 is 1.57 bits per heavy atom. The molecule has 0 aliphatic heterocycles. The summed E-state index contributed by atoms with van der Waals surface area (Å²) in [5.41, 5.74) is 0. The topological polar surface area (TPSA) is 102 Å². The van der Waals surface area contributed by atoms with E-state index in [4.69, 9.17) is 19.3 Å². The third-order valence-corrected chi connectivity index (χ3v) is 6.13. The van der Waals surface area contributed by atoms with Crippen molar-refractivity contribution in [1.29, 1.82) is 0 Å². The summed E-state index contributed by atoms with van der Waals surface area (Å²) in [5.74, 6) is 5.66. The van der Waals surface area contributed by atoms with Gasteiger partial charge in [0.1, 0.15) is 15.7 Å². The molecule has 4 atom stereocenters. The number of terminal acetylenes is 3. The molecule has 23 heavy (non-hydrogen) atoms. The molecule has 6 nitrogen and oxygen atoms in total. The predicted molar refractivity (Wildman–Crippen MR) is 90.8 cm³/mol. The van der Waals surface area contributed by atoms with Gasteiger partial charge in [0, 0.05) is 0 Å². The van der Waals surface area contributed by atoms with E-state index in [2.05, 4.69) is 17.8 Å². The van der Waals surface area contributed by atoms with Crippen molar-refractivity contribution in [2.45, 2.75) is 41.4 Å². The van der Waals surface area contributed by atoms with E-state index in [0.29, 0.717) is 0 Å². The molecule has 0 aromatic rings. The molecule has 128 valence electrons. The van der Waals surface area contributed by atoms with Crippen LogP contribution in [-0.2, 0) is 32.1 Å². The first kappa shape index (κ1) is 21.5. The fraction of sp³-hybridized carbons (Fsp3) is 0.571. The predicted octanol–water partition coefficient (Wildman–Crippen LogP) is -0.997. The maximum absolute atomic E-state index is 11.2. The van der Waals surface area contributed by atoms with Crippen LogP contribution in [0.1, 0.15) is 25.7 Å². The van der Waals surface area contributed by atoms with E-state index < -0.39 is 53.8 Å². The molecule has 0 heterocycles. The van der Waals surface area contributed by atoms with E-state index in [9.17, 15) is 25.3 Å². The Kier molecular flexibility index (Phi) is 10.4. The SMILES string of the molecule is C#CC(CCCC(CC(C#C)[SH](=O)=O)C(C#C)[SH](=O)=O)[SH](=O)=O. The van der Waals surface area contributed by atoms with Crippen molar-refractivity contribution >= 4 is 32.1 Å². The first-order valence-corrected chi connectivity index (χ1v) is 10.3. The Labute approximate surface area is 141 Å². The van der Waals surface area contributed by atoms with E-state index in [1.807, 2.05) is 0 Å². The van der Waals surface area contributed by atoms with Gasteiger partial charge in [-0.25, -0.2) is 25.3 Å². The molecule has 0 aromatic heterocycles. The summed E-state index contributed by atoms with van der Waals surface area (Å²) in [6.07, 6.45) is 16.0. The third-order valence-electron chi connectivity index (χ3n) is 3.32. The first-order valence-electron chi connectivity index (χ1n) is 6.57. The average molecular weight is 378 g/mol. The van der Waals surface area contributed by atoms with Gasteiger partial charge in [0.15, 0.2) is 32.1 Å². The second-order valence-electron chi connectivity index (χ2n) is 4.76. The first-order chi connectivity index (χ1) is 10.8. The lowest BCUT2D eigenvalue weighted by Crippen LogP contribution is -2.26. The summed E-state index contributed by atoms with van der Waals surface area (Å²) in [6.45, 7) is 0. The molecule has 0 fully saturated rings. The Hall–Kier alpha value is -1.47. The minimum Gasteiger partial charge on any atom is -0.231 e. The van der Waals surface area contributed by atoms with E-state index >= 15 is 0 Å². The molecule has 0 saturated carbocycles. The van der Waals surface area contributed by atoms with Gasteiger partial charge in [-0.15, -0.1) is 19.3 Å². The maximum atomic E-state index is 11.2. The van der Waals surface area contributed by atoms with E-state index in [0.717, 1.165) is 0 Å². The molecular formula is C14H18O6S3. The van der Waals surface area contributed by atoms with Crippen molar-refractivity contribution in [2.75, 3.05) is 0 Å². The molecule has 0 rings (SSSR count). The summed E-state index contributed by atoms with van der Waals surface area (Å²) in [5, 5.41) is -3.24. The monoisotopic (exact) mass is 378 g/mol. The standard InChI is InChI=1S/C14H18O6S3/c1-4-12(21(15)16)9-7-8-11(14(6-3)23(19)20)10-13(5-2)22(17)18/h1-3,11-14,21-23H,7-10H2. The largest absolute Gasteiger partial charge is 0.231 e. The lowest BCUT2D eigenvalue weighted by atomic mass is 9.92. The lowest BCUT2D eigenvalue weighted by Gasteiger charge is -2.20. The number of thiol groups is 3. The van der Waals surface area contributed by atoms with E-state index in [1.165, 1.54) is 0 Å². The van der Waals surface area contributed by atoms with Crippen molar-refractivity contribution in [1.82, 2.24) is 0 Å². The summed E-state index contributed by atoms with van der Waals surface area (Å²) in [7, 11) is -8.67. The van der Waals surface area contributed by atoms with E-state index in [-0.39, 0.29) is 25.7 Å². The van der Waals surface area contributed by atoms with Gasteiger partial charge >= 0.3 is 0 Å². The Bertz CT molecular complexity index is 716. The van der Waals surface area contributed by atoms with Crippen LogP contribution in [0.25, 0.3) is 0 Å². The van der Waals surface area contributed by atoms with Crippen LogP contribution in [0, 0.1) is 42.9 Å². The number of hydrogen-bond donors (Lipinski definition) is 3. The molecule has 0 aliphatic rings. The van der Waals surface area contributed by atoms with Gasteiger partial charge in [-0.05, 0) is 25.2 Å². The zero-order valence-electron chi connectivity index (χ0n) is 12.2. The van der Waals surface area contributed by atoms with Crippen molar-refractivity contribution in [3.05, 3.63) is 0 Å². The molecule has 0 amide bonds. The lowest BCUT2D eigenvalue weighted by molar-refractivity contribution is 0.442. The fourth-order valence-electron chi connectivity index (χ4n) is 2.10. The van der Waals surface area contributed by atoms with Crippen LogP contribution in [0.2, 0.25) is 0 Å². The van der Waals surface area contributed by atoms with Crippen LogP contribution < -0.4 is 0 Å².